The summed E-state index contributed by atoms with van der Waals surface area (Å²) in [6, 6.07) is 4.25. The Morgan fingerprint density at radius 1 is 1.45 bits per heavy atom. The van der Waals surface area contributed by atoms with Crippen LogP contribution in [0.2, 0.25) is 0 Å². The Kier molecular flexibility index (Phi) is 4.95. The molecule has 0 radical (unpaired) electrons. The lowest BCUT2D eigenvalue weighted by molar-refractivity contribution is 0.0601. The standard InChI is InChI=1S/C15H23N3O2/c1-3-18(12-8-6-11(16)7-9-12)14-13(15(19)20-2)5-4-10-17-14/h4-5,10-12H,3,6-9,16H2,1-2H3. The number of anilines is 1. The topological polar surface area (TPSA) is 68.5 Å². The van der Waals surface area contributed by atoms with Crippen LogP contribution in [0.4, 0.5) is 5.82 Å². The van der Waals surface area contributed by atoms with Crippen molar-refractivity contribution in [3.05, 3.63) is 23.9 Å². The second-order valence-corrected chi connectivity index (χ2v) is 5.22. The van der Waals surface area contributed by atoms with Gasteiger partial charge in [0.15, 0.2) is 0 Å². The minimum Gasteiger partial charge on any atom is -0.465 e. The Morgan fingerprint density at radius 3 is 2.75 bits per heavy atom. The molecular weight excluding hydrogens is 254 g/mol. The van der Waals surface area contributed by atoms with Crippen LogP contribution < -0.4 is 10.6 Å². The number of aromatic nitrogens is 1. The predicted molar refractivity (Wildman–Crippen MR) is 78.8 cm³/mol. The molecule has 1 aromatic rings. The van der Waals surface area contributed by atoms with Crippen molar-refractivity contribution in [2.24, 2.45) is 5.73 Å². The van der Waals surface area contributed by atoms with Crippen molar-refractivity contribution < 1.29 is 9.53 Å². The number of pyridine rings is 1. The van der Waals surface area contributed by atoms with Gasteiger partial charge < -0.3 is 15.4 Å². The molecule has 1 saturated carbocycles. The van der Waals surface area contributed by atoms with Gasteiger partial charge in [-0.2, -0.15) is 0 Å². The summed E-state index contributed by atoms with van der Waals surface area (Å²) in [5.74, 6) is 0.390. The fourth-order valence-electron chi connectivity index (χ4n) is 2.89. The summed E-state index contributed by atoms with van der Waals surface area (Å²) >= 11 is 0. The molecule has 1 aliphatic rings. The molecule has 20 heavy (non-hydrogen) atoms. The van der Waals surface area contributed by atoms with E-state index in [0.29, 0.717) is 17.6 Å². The van der Waals surface area contributed by atoms with Gasteiger partial charge in [-0.25, -0.2) is 9.78 Å². The third-order valence-corrected chi connectivity index (χ3v) is 3.99. The lowest BCUT2D eigenvalue weighted by Gasteiger charge is -2.36. The van der Waals surface area contributed by atoms with E-state index >= 15 is 0 Å². The Balaban J connectivity index is 2.25. The summed E-state index contributed by atoms with van der Waals surface area (Å²) in [6.45, 7) is 2.91. The van der Waals surface area contributed by atoms with Gasteiger partial charge >= 0.3 is 5.97 Å². The zero-order valence-electron chi connectivity index (χ0n) is 12.2. The lowest BCUT2D eigenvalue weighted by atomic mass is 9.90. The highest BCUT2D eigenvalue weighted by Gasteiger charge is 2.27. The average Bonchev–Trinajstić information content (AvgIpc) is 2.49. The van der Waals surface area contributed by atoms with E-state index < -0.39 is 0 Å². The van der Waals surface area contributed by atoms with Gasteiger partial charge in [0, 0.05) is 24.8 Å². The quantitative estimate of drug-likeness (QED) is 0.852. The lowest BCUT2D eigenvalue weighted by Crippen LogP contribution is -2.42. The van der Waals surface area contributed by atoms with Crippen LogP contribution in [-0.4, -0.2) is 36.7 Å². The average molecular weight is 277 g/mol. The van der Waals surface area contributed by atoms with Gasteiger partial charge in [-0.15, -0.1) is 0 Å². The first-order chi connectivity index (χ1) is 9.67. The van der Waals surface area contributed by atoms with Gasteiger partial charge in [0.2, 0.25) is 0 Å². The highest BCUT2D eigenvalue weighted by Crippen LogP contribution is 2.28. The molecule has 110 valence electrons. The molecule has 0 amide bonds. The Labute approximate surface area is 120 Å². The molecule has 0 aromatic carbocycles. The van der Waals surface area contributed by atoms with Crippen LogP contribution in [0.15, 0.2) is 18.3 Å². The molecule has 0 spiro atoms. The smallest absolute Gasteiger partial charge is 0.341 e. The number of carbonyl (C=O) groups excluding carboxylic acids is 1. The van der Waals surface area contributed by atoms with E-state index in [4.69, 9.17) is 10.5 Å². The van der Waals surface area contributed by atoms with Crippen molar-refractivity contribution in [3.63, 3.8) is 0 Å². The summed E-state index contributed by atoms with van der Waals surface area (Å²) in [6.07, 6.45) is 5.88. The number of rotatable bonds is 4. The predicted octanol–water partition coefficient (Wildman–Crippen LogP) is 1.96. The van der Waals surface area contributed by atoms with E-state index in [1.54, 1.807) is 18.3 Å². The molecule has 0 unspecified atom stereocenters. The van der Waals surface area contributed by atoms with Crippen LogP contribution in [0.5, 0.6) is 0 Å². The number of carbonyl (C=O) groups is 1. The summed E-state index contributed by atoms with van der Waals surface area (Å²) in [4.78, 5) is 18.5. The molecule has 0 atom stereocenters. The zero-order valence-corrected chi connectivity index (χ0v) is 12.2. The second-order valence-electron chi connectivity index (χ2n) is 5.22. The molecule has 5 heteroatoms. The van der Waals surface area contributed by atoms with E-state index in [1.807, 2.05) is 0 Å². The monoisotopic (exact) mass is 277 g/mol. The number of esters is 1. The molecular formula is C15H23N3O2. The first-order valence-corrected chi connectivity index (χ1v) is 7.23. The molecule has 1 heterocycles. The molecule has 1 fully saturated rings. The van der Waals surface area contributed by atoms with Gasteiger partial charge in [-0.05, 0) is 44.7 Å². The molecule has 2 rings (SSSR count). The fourth-order valence-corrected chi connectivity index (χ4v) is 2.89. The Morgan fingerprint density at radius 2 is 2.15 bits per heavy atom. The maximum Gasteiger partial charge on any atom is 0.341 e. The molecule has 1 aromatic heterocycles. The van der Waals surface area contributed by atoms with Crippen LogP contribution >= 0.6 is 0 Å². The number of nitrogens with zero attached hydrogens (tertiary/aromatic N) is 2. The van der Waals surface area contributed by atoms with Crippen molar-refractivity contribution in [1.29, 1.82) is 0 Å². The molecule has 2 N–H and O–H groups in total. The Hall–Kier alpha value is -1.62. The van der Waals surface area contributed by atoms with Gasteiger partial charge in [0.05, 0.1) is 7.11 Å². The van der Waals surface area contributed by atoms with Crippen molar-refractivity contribution in [3.8, 4) is 0 Å². The highest BCUT2D eigenvalue weighted by atomic mass is 16.5. The van der Waals surface area contributed by atoms with Gasteiger partial charge in [0.25, 0.3) is 0 Å². The fraction of sp³-hybridized carbons (Fsp3) is 0.600. The highest BCUT2D eigenvalue weighted by molar-refractivity contribution is 5.94. The van der Waals surface area contributed by atoms with Crippen LogP contribution in [0.3, 0.4) is 0 Å². The zero-order chi connectivity index (χ0) is 14.5. The first-order valence-electron chi connectivity index (χ1n) is 7.23. The van der Waals surface area contributed by atoms with Crippen LogP contribution in [-0.2, 0) is 4.74 Å². The summed E-state index contributed by atoms with van der Waals surface area (Å²) < 4.78 is 4.85. The number of hydrogen-bond acceptors (Lipinski definition) is 5. The third-order valence-electron chi connectivity index (χ3n) is 3.99. The minimum absolute atomic E-state index is 0.314. The maximum absolute atomic E-state index is 11.9. The molecule has 0 saturated heterocycles. The molecule has 0 aliphatic heterocycles. The van der Waals surface area contributed by atoms with E-state index in [9.17, 15) is 4.79 Å². The summed E-state index contributed by atoms with van der Waals surface area (Å²) in [5, 5.41) is 0. The van der Waals surface area contributed by atoms with Crippen LogP contribution in [0.25, 0.3) is 0 Å². The molecule has 5 nitrogen and oxygen atoms in total. The van der Waals surface area contributed by atoms with Gasteiger partial charge in [0.1, 0.15) is 11.4 Å². The first kappa shape index (κ1) is 14.8. The largest absolute Gasteiger partial charge is 0.465 e. The number of nitrogens with two attached hydrogens (primary N) is 1. The molecule has 0 bridgehead atoms. The number of hydrogen-bond donors (Lipinski definition) is 1. The van der Waals surface area contributed by atoms with Crippen molar-refractivity contribution in [1.82, 2.24) is 4.98 Å². The maximum atomic E-state index is 11.9. The van der Waals surface area contributed by atoms with Crippen molar-refractivity contribution >= 4 is 11.8 Å². The normalized spacial score (nSPS) is 22.4. The van der Waals surface area contributed by atoms with E-state index in [-0.39, 0.29) is 5.97 Å². The van der Waals surface area contributed by atoms with Crippen molar-refractivity contribution in [2.45, 2.75) is 44.7 Å². The summed E-state index contributed by atoms with van der Waals surface area (Å²) in [7, 11) is 1.40. The van der Waals surface area contributed by atoms with Crippen molar-refractivity contribution in [2.75, 3.05) is 18.6 Å². The molecule has 1 aliphatic carbocycles. The van der Waals surface area contributed by atoms with E-state index in [2.05, 4.69) is 16.8 Å². The Bertz CT molecular complexity index is 456. The third kappa shape index (κ3) is 3.10. The van der Waals surface area contributed by atoms with Gasteiger partial charge in [-0.3, -0.25) is 0 Å². The second kappa shape index (κ2) is 6.70. The van der Waals surface area contributed by atoms with E-state index in [0.717, 1.165) is 38.0 Å². The van der Waals surface area contributed by atoms with Crippen LogP contribution in [0, 0.1) is 0 Å². The van der Waals surface area contributed by atoms with Gasteiger partial charge in [-0.1, -0.05) is 0 Å². The van der Waals surface area contributed by atoms with Crippen LogP contribution in [0.1, 0.15) is 43.0 Å². The SMILES string of the molecule is CCN(c1ncccc1C(=O)OC)C1CCC(N)CC1. The number of methoxy groups -OCH3 is 1. The summed E-state index contributed by atoms with van der Waals surface area (Å²) in [5.41, 5.74) is 6.50. The minimum atomic E-state index is -0.334. The number of ether oxygens (including phenoxy) is 1. The van der Waals surface area contributed by atoms with E-state index in [1.165, 1.54) is 7.11 Å².